The number of rotatable bonds is 49. The molecule has 0 fully saturated rings. The summed E-state index contributed by atoms with van der Waals surface area (Å²) in [6.07, 6.45) is 77.9. The molecule has 0 aromatic heterocycles. The van der Waals surface area contributed by atoms with Gasteiger partial charge in [-0.3, -0.25) is 14.4 Å². The third kappa shape index (κ3) is 54.6. The van der Waals surface area contributed by atoms with E-state index < -0.39 is 12.1 Å². The zero-order chi connectivity index (χ0) is 50.0. The van der Waals surface area contributed by atoms with Gasteiger partial charge in [-0.1, -0.05) is 251 Å². The van der Waals surface area contributed by atoms with Crippen molar-refractivity contribution in [1.82, 2.24) is 0 Å². The van der Waals surface area contributed by atoms with Gasteiger partial charge in [0.15, 0.2) is 6.10 Å². The lowest BCUT2D eigenvalue weighted by atomic mass is 10.1. The number of hydrogen-bond acceptors (Lipinski definition) is 6. The van der Waals surface area contributed by atoms with E-state index in [4.69, 9.17) is 14.2 Å². The van der Waals surface area contributed by atoms with Crippen LogP contribution in [0.15, 0.2) is 122 Å². The number of carbonyl (C=O) groups excluding carboxylic acids is 3. The molecule has 0 saturated carbocycles. The Hall–Kier alpha value is -4.19. The van der Waals surface area contributed by atoms with Gasteiger partial charge in [-0.05, 0) is 89.9 Å². The number of allylic oxidation sites excluding steroid dienone is 19. The van der Waals surface area contributed by atoms with Crippen LogP contribution in [-0.2, 0) is 28.6 Å². The summed E-state index contributed by atoms with van der Waals surface area (Å²) in [5.74, 6) is -1.06. The van der Waals surface area contributed by atoms with E-state index >= 15 is 0 Å². The average molecular weight is 956 g/mol. The monoisotopic (exact) mass is 955 g/mol. The molecule has 6 nitrogen and oxygen atoms in total. The summed E-state index contributed by atoms with van der Waals surface area (Å²) in [5.41, 5.74) is 0. The van der Waals surface area contributed by atoms with Crippen molar-refractivity contribution < 1.29 is 28.6 Å². The molecule has 6 heteroatoms. The number of ether oxygens (including phenoxy) is 3. The Morgan fingerprint density at radius 1 is 0.319 bits per heavy atom. The highest BCUT2D eigenvalue weighted by Gasteiger charge is 2.19. The van der Waals surface area contributed by atoms with Crippen molar-refractivity contribution in [3.8, 4) is 0 Å². The fourth-order valence-electron chi connectivity index (χ4n) is 7.37. The zero-order valence-electron chi connectivity index (χ0n) is 44.5. The summed E-state index contributed by atoms with van der Waals surface area (Å²) >= 11 is 0. The molecule has 1 atom stereocenters. The second-order valence-corrected chi connectivity index (χ2v) is 18.1. The first-order valence-electron chi connectivity index (χ1n) is 28.0. The van der Waals surface area contributed by atoms with Crippen molar-refractivity contribution in [3.63, 3.8) is 0 Å². The van der Waals surface area contributed by atoms with Gasteiger partial charge in [0.2, 0.25) is 0 Å². The van der Waals surface area contributed by atoms with Crippen LogP contribution in [0.25, 0.3) is 0 Å². The van der Waals surface area contributed by atoms with Crippen LogP contribution in [0, 0.1) is 0 Å². The van der Waals surface area contributed by atoms with E-state index in [0.717, 1.165) is 109 Å². The van der Waals surface area contributed by atoms with E-state index in [1.807, 2.05) is 6.08 Å². The average Bonchev–Trinajstić information content (AvgIpc) is 3.35. The van der Waals surface area contributed by atoms with Crippen LogP contribution in [0.4, 0.5) is 0 Å². The summed E-state index contributed by atoms with van der Waals surface area (Å²) in [6.45, 7) is 6.31. The Morgan fingerprint density at radius 2 is 0.609 bits per heavy atom. The SMILES string of the molecule is CC/C=C\C/C=C\C/C=C\C/C=C\C/C=C\CCCCCCCCCCCC(=O)OCC(COC(=O)CCCCCCCCCCCCC)OC(=O)C/C=C\C/C=C\C/C=C\C/C=C\C/C=C\CC. The molecule has 0 amide bonds. The molecule has 0 saturated heterocycles. The van der Waals surface area contributed by atoms with Crippen LogP contribution in [0.1, 0.15) is 239 Å². The second-order valence-electron chi connectivity index (χ2n) is 18.1. The van der Waals surface area contributed by atoms with Crippen molar-refractivity contribution >= 4 is 17.9 Å². The molecule has 0 rings (SSSR count). The molecule has 0 aromatic carbocycles. The molecule has 69 heavy (non-hydrogen) atoms. The molecular formula is C63H102O6. The minimum atomic E-state index is -0.836. The lowest BCUT2D eigenvalue weighted by Gasteiger charge is -2.18. The third-order valence-corrected chi connectivity index (χ3v) is 11.5. The first-order valence-corrected chi connectivity index (χ1v) is 28.0. The van der Waals surface area contributed by atoms with Crippen LogP contribution < -0.4 is 0 Å². The predicted octanol–water partition coefficient (Wildman–Crippen LogP) is 18.9. The van der Waals surface area contributed by atoms with E-state index in [0.29, 0.717) is 12.8 Å². The molecular weight excluding hydrogens is 853 g/mol. The van der Waals surface area contributed by atoms with Gasteiger partial charge in [0.1, 0.15) is 13.2 Å². The van der Waals surface area contributed by atoms with Gasteiger partial charge < -0.3 is 14.2 Å². The molecule has 0 N–H and O–H groups in total. The lowest BCUT2D eigenvalue weighted by Crippen LogP contribution is -2.30. The van der Waals surface area contributed by atoms with Crippen molar-refractivity contribution in [3.05, 3.63) is 122 Å². The normalized spacial score (nSPS) is 13.0. The summed E-state index contributed by atoms with van der Waals surface area (Å²) in [4.78, 5) is 38.0. The number of carbonyl (C=O) groups is 3. The van der Waals surface area contributed by atoms with Crippen LogP contribution in [0.5, 0.6) is 0 Å². The van der Waals surface area contributed by atoms with E-state index in [-0.39, 0.29) is 31.6 Å². The first kappa shape index (κ1) is 64.8. The zero-order valence-corrected chi connectivity index (χ0v) is 44.5. The van der Waals surface area contributed by atoms with Crippen LogP contribution in [-0.4, -0.2) is 37.2 Å². The van der Waals surface area contributed by atoms with Crippen LogP contribution in [0.3, 0.4) is 0 Å². The Balaban J connectivity index is 4.39. The Labute approximate surface area is 424 Å². The van der Waals surface area contributed by atoms with Crippen molar-refractivity contribution in [2.45, 2.75) is 245 Å². The van der Waals surface area contributed by atoms with E-state index in [1.54, 1.807) is 6.08 Å². The maximum atomic E-state index is 12.8. The maximum Gasteiger partial charge on any atom is 0.310 e. The highest BCUT2D eigenvalue weighted by atomic mass is 16.6. The van der Waals surface area contributed by atoms with E-state index in [2.05, 4.69) is 130 Å². The molecule has 0 bridgehead atoms. The smallest absolute Gasteiger partial charge is 0.310 e. The fourth-order valence-corrected chi connectivity index (χ4v) is 7.37. The Kier molecular flexibility index (Phi) is 53.0. The van der Waals surface area contributed by atoms with Gasteiger partial charge in [-0.2, -0.15) is 0 Å². The van der Waals surface area contributed by atoms with Crippen LogP contribution >= 0.6 is 0 Å². The van der Waals surface area contributed by atoms with Gasteiger partial charge in [0, 0.05) is 12.8 Å². The van der Waals surface area contributed by atoms with Crippen molar-refractivity contribution in [2.24, 2.45) is 0 Å². The topological polar surface area (TPSA) is 78.9 Å². The summed E-state index contributed by atoms with van der Waals surface area (Å²) in [7, 11) is 0. The van der Waals surface area contributed by atoms with Gasteiger partial charge in [0.05, 0.1) is 6.42 Å². The molecule has 390 valence electrons. The molecule has 0 radical (unpaired) electrons. The Morgan fingerprint density at radius 3 is 0.957 bits per heavy atom. The molecule has 0 aromatic rings. The highest BCUT2D eigenvalue weighted by molar-refractivity contribution is 5.72. The van der Waals surface area contributed by atoms with Gasteiger partial charge in [-0.15, -0.1) is 0 Å². The number of esters is 3. The van der Waals surface area contributed by atoms with Crippen LogP contribution in [0.2, 0.25) is 0 Å². The molecule has 0 aliphatic heterocycles. The van der Waals surface area contributed by atoms with Gasteiger partial charge >= 0.3 is 17.9 Å². The minimum absolute atomic E-state index is 0.0930. The standard InChI is InChI=1S/C63H102O6/c1-4-7-10-13-16-19-22-24-26-27-28-29-30-31-32-33-34-35-37-38-41-44-47-50-53-56-62(65)68-59-60(58-67-61(64)55-52-49-46-43-40-21-18-15-12-9-6-3)69-63(66)57-54-51-48-45-42-39-36-25-23-20-17-14-11-8-5-2/h7-8,10-11,16-17,19-20,24-26,28-29,31-32,36,42,45,51,54,60H,4-6,9,12-15,18,21-23,27,30,33-35,37-41,43-44,46-50,52-53,55-59H2,1-3H3/b10-7-,11-8-,19-16-,20-17-,26-24-,29-28-,32-31-,36-25-,45-42-,54-51-. The number of unbranched alkanes of at least 4 members (excludes halogenated alkanes) is 19. The summed E-state index contributed by atoms with van der Waals surface area (Å²) < 4.78 is 16.7. The van der Waals surface area contributed by atoms with Gasteiger partial charge in [0.25, 0.3) is 0 Å². The fraction of sp³-hybridized carbons (Fsp3) is 0.635. The quantitative estimate of drug-likeness (QED) is 0.0262. The predicted molar refractivity (Wildman–Crippen MR) is 297 cm³/mol. The molecule has 0 spiro atoms. The van der Waals surface area contributed by atoms with E-state index in [1.165, 1.54) is 89.9 Å². The number of hydrogen-bond donors (Lipinski definition) is 0. The third-order valence-electron chi connectivity index (χ3n) is 11.5. The largest absolute Gasteiger partial charge is 0.462 e. The Bertz CT molecular complexity index is 1470. The molecule has 0 aliphatic carbocycles. The first-order chi connectivity index (χ1) is 34.0. The molecule has 1 unspecified atom stereocenters. The summed E-state index contributed by atoms with van der Waals surface area (Å²) in [6, 6.07) is 0. The molecule has 0 heterocycles. The van der Waals surface area contributed by atoms with Crippen molar-refractivity contribution in [1.29, 1.82) is 0 Å². The van der Waals surface area contributed by atoms with E-state index in [9.17, 15) is 14.4 Å². The highest BCUT2D eigenvalue weighted by Crippen LogP contribution is 2.14. The maximum absolute atomic E-state index is 12.8. The lowest BCUT2D eigenvalue weighted by molar-refractivity contribution is -0.166. The molecule has 0 aliphatic rings. The van der Waals surface area contributed by atoms with Gasteiger partial charge in [-0.25, -0.2) is 0 Å². The second kappa shape index (κ2) is 56.4. The van der Waals surface area contributed by atoms with Crippen molar-refractivity contribution in [2.75, 3.05) is 13.2 Å². The minimum Gasteiger partial charge on any atom is -0.462 e. The summed E-state index contributed by atoms with van der Waals surface area (Å²) in [5, 5.41) is 0.